The third kappa shape index (κ3) is 4.23. The van der Waals surface area contributed by atoms with E-state index in [0.717, 1.165) is 13.0 Å². The Kier molecular flexibility index (Phi) is 5.42. The van der Waals surface area contributed by atoms with Crippen LogP contribution in [0.3, 0.4) is 0 Å². The summed E-state index contributed by atoms with van der Waals surface area (Å²) < 4.78 is 27.5. The molecule has 1 aromatic carbocycles. The minimum Gasteiger partial charge on any atom is -0.352 e. The Balaban J connectivity index is 1.55. The van der Waals surface area contributed by atoms with Crippen LogP contribution in [0.2, 0.25) is 0 Å². The van der Waals surface area contributed by atoms with E-state index in [0.29, 0.717) is 30.4 Å². The van der Waals surface area contributed by atoms with Gasteiger partial charge in [0.15, 0.2) is 17.6 Å². The summed E-state index contributed by atoms with van der Waals surface area (Å²) in [6, 6.07) is 9.74. The minimum atomic E-state index is -0.315. The Morgan fingerprint density at radius 1 is 1.24 bits per heavy atom. The molecule has 2 aromatic rings. The molecule has 1 unspecified atom stereocenters. The molecule has 1 atom stereocenters. The summed E-state index contributed by atoms with van der Waals surface area (Å²) in [7, 11) is 1.67. The molecular formula is C18H21F2N5. The highest BCUT2D eigenvalue weighted by Crippen LogP contribution is 2.20. The summed E-state index contributed by atoms with van der Waals surface area (Å²) >= 11 is 0. The van der Waals surface area contributed by atoms with Gasteiger partial charge in [0.1, 0.15) is 5.82 Å². The number of rotatable bonds is 4. The normalized spacial score (nSPS) is 17.6. The second-order valence-corrected chi connectivity index (χ2v) is 5.90. The van der Waals surface area contributed by atoms with Crippen LogP contribution in [0.4, 0.5) is 14.6 Å². The fraction of sp³-hybridized carbons (Fsp3) is 0.333. The third-order valence-corrected chi connectivity index (χ3v) is 4.20. The molecule has 0 radical (unpaired) electrons. The largest absolute Gasteiger partial charge is 0.352 e. The molecule has 2 N–H and O–H groups in total. The van der Waals surface area contributed by atoms with E-state index in [4.69, 9.17) is 0 Å². The summed E-state index contributed by atoms with van der Waals surface area (Å²) in [4.78, 5) is 10.2. The van der Waals surface area contributed by atoms with Gasteiger partial charge >= 0.3 is 0 Å². The molecular weight excluding hydrogens is 324 g/mol. The Bertz CT molecular complexity index is 750. The van der Waals surface area contributed by atoms with E-state index >= 15 is 0 Å². The van der Waals surface area contributed by atoms with Crippen molar-refractivity contribution in [1.29, 1.82) is 0 Å². The van der Waals surface area contributed by atoms with Crippen LogP contribution in [-0.4, -0.2) is 37.1 Å². The molecule has 0 bridgehead atoms. The zero-order valence-electron chi connectivity index (χ0n) is 14.0. The van der Waals surface area contributed by atoms with Gasteiger partial charge in [-0.05, 0) is 24.6 Å². The minimum absolute atomic E-state index is 0.119. The van der Waals surface area contributed by atoms with Crippen molar-refractivity contribution in [2.45, 2.75) is 19.0 Å². The van der Waals surface area contributed by atoms with Crippen molar-refractivity contribution in [3.63, 3.8) is 0 Å². The fourth-order valence-corrected chi connectivity index (χ4v) is 2.89. The maximum Gasteiger partial charge on any atom is 0.191 e. The van der Waals surface area contributed by atoms with E-state index in [9.17, 15) is 8.78 Å². The van der Waals surface area contributed by atoms with Crippen molar-refractivity contribution >= 4 is 11.8 Å². The topological polar surface area (TPSA) is 52.6 Å². The smallest absolute Gasteiger partial charge is 0.191 e. The summed E-state index contributed by atoms with van der Waals surface area (Å²) in [5, 5.41) is 6.41. The van der Waals surface area contributed by atoms with Gasteiger partial charge in [0.25, 0.3) is 0 Å². The summed E-state index contributed by atoms with van der Waals surface area (Å²) in [6.45, 7) is 1.70. The van der Waals surface area contributed by atoms with Crippen molar-refractivity contribution < 1.29 is 8.78 Å². The van der Waals surface area contributed by atoms with Crippen LogP contribution >= 0.6 is 0 Å². The molecule has 25 heavy (non-hydrogen) atoms. The number of nitrogens with one attached hydrogen (secondary N) is 2. The van der Waals surface area contributed by atoms with Crippen LogP contribution < -0.4 is 15.5 Å². The number of hydrogen-bond acceptors (Lipinski definition) is 3. The Hall–Kier alpha value is -2.70. The lowest BCUT2D eigenvalue weighted by molar-refractivity contribution is 0.600. The van der Waals surface area contributed by atoms with Crippen LogP contribution in [-0.2, 0) is 6.54 Å². The molecule has 0 aliphatic carbocycles. The number of aromatic nitrogens is 1. The van der Waals surface area contributed by atoms with Crippen molar-refractivity contribution in [3.05, 3.63) is 59.8 Å². The number of hydrogen-bond donors (Lipinski definition) is 2. The second kappa shape index (κ2) is 7.92. The SMILES string of the molecule is CN=C(NCc1ccccc1F)NC1CCN(c2ncccc2F)C1. The van der Waals surface area contributed by atoms with E-state index in [-0.39, 0.29) is 17.7 Å². The van der Waals surface area contributed by atoms with Crippen LogP contribution in [0.1, 0.15) is 12.0 Å². The predicted octanol–water partition coefficient (Wildman–Crippen LogP) is 2.30. The van der Waals surface area contributed by atoms with Gasteiger partial charge in [0.2, 0.25) is 0 Å². The molecule has 5 nitrogen and oxygen atoms in total. The van der Waals surface area contributed by atoms with Gasteiger partial charge in [-0.3, -0.25) is 4.99 Å². The van der Waals surface area contributed by atoms with Crippen LogP contribution in [0.25, 0.3) is 0 Å². The van der Waals surface area contributed by atoms with E-state index in [1.807, 2.05) is 4.90 Å². The first kappa shape index (κ1) is 17.1. The van der Waals surface area contributed by atoms with Crippen LogP contribution in [0.15, 0.2) is 47.6 Å². The van der Waals surface area contributed by atoms with Crippen molar-refractivity contribution in [3.8, 4) is 0 Å². The first-order chi connectivity index (χ1) is 12.2. The molecule has 2 heterocycles. The van der Waals surface area contributed by atoms with Crippen LogP contribution in [0, 0.1) is 11.6 Å². The first-order valence-electron chi connectivity index (χ1n) is 8.23. The maximum atomic E-state index is 13.8. The average molecular weight is 345 g/mol. The zero-order chi connectivity index (χ0) is 17.6. The molecule has 1 aliphatic heterocycles. The maximum absolute atomic E-state index is 13.8. The molecule has 0 saturated carbocycles. The Morgan fingerprint density at radius 3 is 2.80 bits per heavy atom. The van der Waals surface area contributed by atoms with E-state index < -0.39 is 0 Å². The summed E-state index contributed by atoms with van der Waals surface area (Å²) in [5.41, 5.74) is 0.578. The number of guanidine groups is 1. The second-order valence-electron chi connectivity index (χ2n) is 5.90. The summed E-state index contributed by atoms with van der Waals surface area (Å²) in [5.74, 6) is 0.408. The molecule has 7 heteroatoms. The van der Waals surface area contributed by atoms with E-state index in [1.165, 1.54) is 12.1 Å². The van der Waals surface area contributed by atoms with Gasteiger partial charge in [-0.2, -0.15) is 0 Å². The highest BCUT2D eigenvalue weighted by molar-refractivity contribution is 5.80. The Morgan fingerprint density at radius 2 is 2.04 bits per heavy atom. The summed E-state index contributed by atoms with van der Waals surface area (Å²) in [6.07, 6.45) is 2.43. The number of aliphatic imine (C=N–C) groups is 1. The van der Waals surface area contributed by atoms with Crippen molar-refractivity contribution in [2.75, 3.05) is 25.0 Å². The molecule has 1 fully saturated rings. The van der Waals surface area contributed by atoms with Gasteiger partial charge in [-0.1, -0.05) is 18.2 Å². The fourth-order valence-electron chi connectivity index (χ4n) is 2.89. The van der Waals surface area contributed by atoms with Gasteiger partial charge in [-0.25, -0.2) is 13.8 Å². The number of nitrogens with zero attached hydrogens (tertiary/aromatic N) is 3. The number of pyridine rings is 1. The molecule has 0 spiro atoms. The van der Waals surface area contributed by atoms with Gasteiger partial charge in [0.05, 0.1) is 0 Å². The zero-order valence-corrected chi connectivity index (χ0v) is 14.0. The Labute approximate surface area is 145 Å². The highest BCUT2D eigenvalue weighted by Gasteiger charge is 2.25. The van der Waals surface area contributed by atoms with Gasteiger partial charge in [-0.15, -0.1) is 0 Å². The van der Waals surface area contributed by atoms with Crippen LogP contribution in [0.5, 0.6) is 0 Å². The predicted molar refractivity (Wildman–Crippen MR) is 94.5 cm³/mol. The molecule has 1 saturated heterocycles. The molecule has 1 aromatic heterocycles. The van der Waals surface area contributed by atoms with E-state index in [2.05, 4.69) is 20.6 Å². The quantitative estimate of drug-likeness (QED) is 0.660. The molecule has 0 amide bonds. The molecule has 3 rings (SSSR count). The first-order valence-corrected chi connectivity index (χ1v) is 8.23. The highest BCUT2D eigenvalue weighted by atomic mass is 19.1. The standard InChI is InChI=1S/C18H21F2N5/c1-21-18(23-11-13-5-2-3-6-15(13)19)24-14-8-10-25(12-14)17-16(20)7-4-9-22-17/h2-7,9,14H,8,10-12H2,1H3,(H2,21,23,24). The lowest BCUT2D eigenvalue weighted by Crippen LogP contribution is -2.44. The number of benzene rings is 1. The molecule has 1 aliphatic rings. The van der Waals surface area contributed by atoms with E-state index in [1.54, 1.807) is 37.5 Å². The van der Waals surface area contributed by atoms with Gasteiger partial charge < -0.3 is 15.5 Å². The van der Waals surface area contributed by atoms with Crippen molar-refractivity contribution in [1.82, 2.24) is 15.6 Å². The lowest BCUT2D eigenvalue weighted by atomic mass is 10.2. The lowest BCUT2D eigenvalue weighted by Gasteiger charge is -2.20. The number of halogens is 2. The van der Waals surface area contributed by atoms with Crippen molar-refractivity contribution in [2.24, 2.45) is 4.99 Å². The average Bonchev–Trinajstić information content (AvgIpc) is 3.08. The third-order valence-electron chi connectivity index (χ3n) is 4.20. The molecule has 132 valence electrons. The van der Waals surface area contributed by atoms with Gasteiger partial charge in [0, 0.05) is 44.5 Å². The monoisotopic (exact) mass is 345 g/mol. The number of anilines is 1.